The molecule has 25 heavy (non-hydrogen) atoms. The van der Waals surface area contributed by atoms with Gasteiger partial charge in [-0.25, -0.2) is 9.97 Å². The average molecular weight is 373 g/mol. The van der Waals surface area contributed by atoms with E-state index in [1.165, 1.54) is 18.5 Å². The summed E-state index contributed by atoms with van der Waals surface area (Å²) in [4.78, 5) is 19.7. The van der Waals surface area contributed by atoms with E-state index in [1.54, 1.807) is 0 Å². The van der Waals surface area contributed by atoms with Gasteiger partial charge in [0.05, 0.1) is 16.1 Å². The van der Waals surface area contributed by atoms with Gasteiger partial charge in [0, 0.05) is 24.6 Å². The van der Waals surface area contributed by atoms with Crippen LogP contribution in [0.5, 0.6) is 0 Å². The lowest BCUT2D eigenvalue weighted by atomic mass is 10.2. The summed E-state index contributed by atoms with van der Waals surface area (Å²) in [7, 11) is 0. The van der Waals surface area contributed by atoms with Crippen molar-refractivity contribution in [2.75, 3.05) is 11.9 Å². The predicted molar refractivity (Wildman–Crippen MR) is 88.9 cm³/mol. The van der Waals surface area contributed by atoms with Crippen molar-refractivity contribution < 1.29 is 18.0 Å². The molecule has 0 saturated carbocycles. The standard InChI is InChI=1S/C16H16ClF3N4O/c1-9(2)6-21-14(25)10-7-22-15(23-8-10)24-11-3-4-13(17)12(5-11)16(18,19)20/h3-5,7-9H,6H2,1-2H3,(H,21,25)(H,22,23,24). The first-order valence-electron chi connectivity index (χ1n) is 7.41. The third-order valence-electron chi connectivity index (χ3n) is 3.11. The fourth-order valence-corrected chi connectivity index (χ4v) is 2.08. The highest BCUT2D eigenvalue weighted by Gasteiger charge is 2.33. The summed E-state index contributed by atoms with van der Waals surface area (Å²) in [6.45, 7) is 4.44. The molecule has 0 bridgehead atoms. The summed E-state index contributed by atoms with van der Waals surface area (Å²) in [6.07, 6.45) is -1.97. The molecule has 2 aromatic rings. The highest BCUT2D eigenvalue weighted by Crippen LogP contribution is 2.36. The Labute approximate surface area is 147 Å². The fraction of sp³-hybridized carbons (Fsp3) is 0.312. The Kier molecular flexibility index (Phi) is 5.84. The van der Waals surface area contributed by atoms with E-state index in [4.69, 9.17) is 11.6 Å². The summed E-state index contributed by atoms with van der Waals surface area (Å²) in [5, 5.41) is 4.97. The quantitative estimate of drug-likeness (QED) is 0.822. The number of anilines is 2. The Hall–Kier alpha value is -2.35. The van der Waals surface area contributed by atoms with E-state index in [2.05, 4.69) is 20.6 Å². The maximum Gasteiger partial charge on any atom is 0.417 e. The van der Waals surface area contributed by atoms with Gasteiger partial charge in [-0.3, -0.25) is 4.79 Å². The molecular formula is C16H16ClF3N4O. The van der Waals surface area contributed by atoms with Gasteiger partial charge in [-0.15, -0.1) is 0 Å². The molecule has 5 nitrogen and oxygen atoms in total. The molecule has 9 heteroatoms. The second-order valence-electron chi connectivity index (χ2n) is 5.72. The van der Waals surface area contributed by atoms with Gasteiger partial charge in [-0.2, -0.15) is 13.2 Å². The molecule has 1 amide bonds. The number of aromatic nitrogens is 2. The van der Waals surface area contributed by atoms with Gasteiger partial charge in [-0.1, -0.05) is 25.4 Å². The Morgan fingerprint density at radius 3 is 2.44 bits per heavy atom. The Bertz CT molecular complexity index is 748. The van der Waals surface area contributed by atoms with Gasteiger partial charge in [0.1, 0.15) is 0 Å². The van der Waals surface area contributed by atoms with Crippen LogP contribution in [0.2, 0.25) is 5.02 Å². The highest BCUT2D eigenvalue weighted by molar-refractivity contribution is 6.31. The molecule has 0 atom stereocenters. The monoisotopic (exact) mass is 372 g/mol. The Morgan fingerprint density at radius 2 is 1.88 bits per heavy atom. The number of carbonyl (C=O) groups is 1. The molecule has 0 fully saturated rings. The first-order chi connectivity index (χ1) is 11.7. The molecule has 0 aliphatic heterocycles. The summed E-state index contributed by atoms with van der Waals surface area (Å²) < 4.78 is 38.6. The maximum absolute atomic E-state index is 12.9. The minimum atomic E-state index is -4.56. The molecule has 0 unspecified atom stereocenters. The number of nitrogens with one attached hydrogen (secondary N) is 2. The van der Waals surface area contributed by atoms with Gasteiger partial charge >= 0.3 is 6.18 Å². The minimum Gasteiger partial charge on any atom is -0.352 e. The van der Waals surface area contributed by atoms with Crippen LogP contribution in [0.4, 0.5) is 24.8 Å². The maximum atomic E-state index is 12.9. The number of amides is 1. The van der Waals surface area contributed by atoms with Crippen molar-refractivity contribution in [1.29, 1.82) is 0 Å². The first kappa shape index (κ1) is 19.0. The number of carbonyl (C=O) groups excluding carboxylic acids is 1. The lowest BCUT2D eigenvalue weighted by molar-refractivity contribution is -0.137. The van der Waals surface area contributed by atoms with Crippen LogP contribution in [0, 0.1) is 5.92 Å². The summed E-state index contributed by atoms with van der Waals surface area (Å²) >= 11 is 5.57. The van der Waals surface area contributed by atoms with Crippen LogP contribution in [0.1, 0.15) is 29.8 Å². The van der Waals surface area contributed by atoms with Crippen molar-refractivity contribution in [1.82, 2.24) is 15.3 Å². The molecule has 0 saturated heterocycles. The Balaban J connectivity index is 2.10. The molecule has 2 N–H and O–H groups in total. The van der Waals surface area contributed by atoms with Gasteiger partial charge in [0.2, 0.25) is 5.95 Å². The van der Waals surface area contributed by atoms with E-state index in [9.17, 15) is 18.0 Å². The van der Waals surface area contributed by atoms with Crippen molar-refractivity contribution in [2.24, 2.45) is 5.92 Å². The number of nitrogens with zero attached hydrogens (tertiary/aromatic N) is 2. The smallest absolute Gasteiger partial charge is 0.352 e. The number of hydrogen-bond acceptors (Lipinski definition) is 4. The molecule has 0 radical (unpaired) electrons. The normalized spacial score (nSPS) is 11.5. The van der Waals surface area contributed by atoms with Gasteiger partial charge in [-0.05, 0) is 24.1 Å². The average Bonchev–Trinajstić information content (AvgIpc) is 2.54. The molecular weight excluding hydrogens is 357 g/mol. The molecule has 134 valence electrons. The van der Waals surface area contributed by atoms with Crippen molar-refractivity contribution in [2.45, 2.75) is 20.0 Å². The van der Waals surface area contributed by atoms with E-state index in [1.807, 2.05) is 13.8 Å². The highest BCUT2D eigenvalue weighted by atomic mass is 35.5. The van der Waals surface area contributed by atoms with Gasteiger partial charge in [0.15, 0.2) is 0 Å². The number of halogens is 4. The fourth-order valence-electron chi connectivity index (χ4n) is 1.86. The van der Waals surface area contributed by atoms with Gasteiger partial charge in [0.25, 0.3) is 5.91 Å². The predicted octanol–water partition coefficient (Wildman–Crippen LogP) is 4.28. The molecule has 1 aromatic carbocycles. The van der Waals surface area contributed by atoms with Crippen LogP contribution in [-0.4, -0.2) is 22.4 Å². The third kappa shape index (κ3) is 5.32. The largest absolute Gasteiger partial charge is 0.417 e. The van der Waals surface area contributed by atoms with Crippen molar-refractivity contribution >= 4 is 29.1 Å². The van der Waals surface area contributed by atoms with Crippen LogP contribution in [0.25, 0.3) is 0 Å². The second-order valence-corrected chi connectivity index (χ2v) is 6.12. The van der Waals surface area contributed by atoms with Crippen LogP contribution < -0.4 is 10.6 Å². The first-order valence-corrected chi connectivity index (χ1v) is 7.78. The van der Waals surface area contributed by atoms with Crippen molar-refractivity contribution in [3.8, 4) is 0 Å². The summed E-state index contributed by atoms with van der Waals surface area (Å²) in [5.41, 5.74) is -0.559. The lowest BCUT2D eigenvalue weighted by Crippen LogP contribution is -2.27. The number of benzene rings is 1. The zero-order valence-corrected chi connectivity index (χ0v) is 14.2. The van der Waals surface area contributed by atoms with E-state index in [0.29, 0.717) is 12.5 Å². The zero-order valence-electron chi connectivity index (χ0n) is 13.5. The number of hydrogen-bond donors (Lipinski definition) is 2. The second kappa shape index (κ2) is 7.69. The SMILES string of the molecule is CC(C)CNC(=O)c1cnc(Nc2ccc(Cl)c(C(F)(F)F)c2)nc1. The van der Waals surface area contributed by atoms with Crippen LogP contribution >= 0.6 is 11.6 Å². The van der Waals surface area contributed by atoms with Crippen LogP contribution in [0.3, 0.4) is 0 Å². The van der Waals surface area contributed by atoms with E-state index >= 15 is 0 Å². The van der Waals surface area contributed by atoms with Crippen LogP contribution in [0.15, 0.2) is 30.6 Å². The topological polar surface area (TPSA) is 66.9 Å². The summed E-state index contributed by atoms with van der Waals surface area (Å²) in [5.74, 6) is 0.0560. The molecule has 0 aliphatic carbocycles. The van der Waals surface area contributed by atoms with Crippen molar-refractivity contribution in [3.63, 3.8) is 0 Å². The zero-order chi connectivity index (χ0) is 18.6. The third-order valence-corrected chi connectivity index (χ3v) is 3.44. The lowest BCUT2D eigenvalue weighted by Gasteiger charge is -2.12. The Morgan fingerprint density at radius 1 is 1.24 bits per heavy atom. The molecule has 0 aliphatic rings. The number of alkyl halides is 3. The van der Waals surface area contributed by atoms with Crippen molar-refractivity contribution in [3.05, 3.63) is 46.7 Å². The van der Waals surface area contributed by atoms with Crippen LogP contribution in [-0.2, 0) is 6.18 Å². The van der Waals surface area contributed by atoms with E-state index < -0.39 is 16.8 Å². The number of rotatable bonds is 5. The minimum absolute atomic E-state index is 0.0656. The molecule has 0 spiro atoms. The molecule has 2 rings (SSSR count). The summed E-state index contributed by atoms with van der Waals surface area (Å²) in [6, 6.07) is 3.39. The van der Waals surface area contributed by atoms with E-state index in [-0.39, 0.29) is 23.1 Å². The van der Waals surface area contributed by atoms with Gasteiger partial charge < -0.3 is 10.6 Å². The van der Waals surface area contributed by atoms with E-state index in [0.717, 1.165) is 12.1 Å². The molecule has 1 aromatic heterocycles. The molecule has 1 heterocycles.